The lowest BCUT2D eigenvalue weighted by Crippen LogP contribution is -3.14. The van der Waals surface area contributed by atoms with Crippen LogP contribution in [0.5, 0.6) is 0 Å². The quantitative estimate of drug-likeness (QED) is 0.567. The van der Waals surface area contributed by atoms with Gasteiger partial charge in [-0.05, 0) is 13.8 Å². The van der Waals surface area contributed by atoms with Gasteiger partial charge in [-0.2, -0.15) is 0 Å². The van der Waals surface area contributed by atoms with Crippen LogP contribution in [0.1, 0.15) is 26.7 Å². The predicted octanol–water partition coefficient (Wildman–Crippen LogP) is -1.35. The molecule has 84 valence electrons. The highest BCUT2D eigenvalue weighted by Gasteiger charge is 2.24. The van der Waals surface area contributed by atoms with Crippen LogP contribution in [0.2, 0.25) is 0 Å². The smallest absolute Gasteiger partial charge is 0.107 e. The highest BCUT2D eigenvalue weighted by Crippen LogP contribution is 1.94. The Labute approximate surface area is 87.8 Å². The molecule has 1 fully saturated rings. The van der Waals surface area contributed by atoms with Gasteiger partial charge in [-0.25, -0.2) is 0 Å². The third kappa shape index (κ3) is 3.95. The van der Waals surface area contributed by atoms with Gasteiger partial charge in [0.15, 0.2) is 0 Å². The molecule has 1 saturated heterocycles. The number of nitrogens with one attached hydrogen (secondary N) is 1. The number of piperidine rings is 1. The van der Waals surface area contributed by atoms with Crippen LogP contribution in [0.3, 0.4) is 0 Å². The number of rotatable bonds is 5. The molecule has 1 heterocycles. The van der Waals surface area contributed by atoms with Crippen molar-refractivity contribution in [2.24, 2.45) is 0 Å². The fourth-order valence-corrected chi connectivity index (χ4v) is 2.38. The standard InChI is InChI=1S/C11H24N2O/c1-4-13-7-5-11(6-8-13)12-10(2)9-14-3/h10-12H,4-9H2,1-3H3/p+2/t10-/m0/s1. The lowest BCUT2D eigenvalue weighted by atomic mass is 10.0. The second-order valence-corrected chi connectivity index (χ2v) is 4.57. The zero-order valence-corrected chi connectivity index (χ0v) is 9.88. The van der Waals surface area contributed by atoms with E-state index < -0.39 is 0 Å². The Bertz CT molecular complexity index is 144. The van der Waals surface area contributed by atoms with E-state index in [4.69, 9.17) is 4.74 Å². The number of nitrogens with two attached hydrogens (primary N) is 1. The minimum Gasteiger partial charge on any atom is -0.379 e. The molecule has 0 aliphatic carbocycles. The molecule has 0 amide bonds. The third-order valence-electron chi connectivity index (χ3n) is 3.27. The Morgan fingerprint density at radius 3 is 2.57 bits per heavy atom. The van der Waals surface area contributed by atoms with E-state index in [0.29, 0.717) is 6.04 Å². The summed E-state index contributed by atoms with van der Waals surface area (Å²) in [5.74, 6) is 0. The minimum absolute atomic E-state index is 0.619. The van der Waals surface area contributed by atoms with Crippen molar-refractivity contribution in [2.75, 3.05) is 33.4 Å². The van der Waals surface area contributed by atoms with Gasteiger partial charge in [0, 0.05) is 20.0 Å². The third-order valence-corrected chi connectivity index (χ3v) is 3.27. The molecule has 0 spiro atoms. The molecular formula is C11H26N2O+2. The molecule has 1 rings (SSSR count). The van der Waals surface area contributed by atoms with E-state index in [0.717, 1.165) is 12.6 Å². The van der Waals surface area contributed by atoms with Crippen molar-refractivity contribution >= 4 is 0 Å². The summed E-state index contributed by atoms with van der Waals surface area (Å²) in [6.07, 6.45) is 2.74. The van der Waals surface area contributed by atoms with Gasteiger partial charge in [0.05, 0.1) is 32.3 Å². The summed E-state index contributed by atoms with van der Waals surface area (Å²) in [5, 5.41) is 2.50. The summed E-state index contributed by atoms with van der Waals surface area (Å²) in [4.78, 5) is 1.77. The van der Waals surface area contributed by atoms with Crippen LogP contribution < -0.4 is 10.2 Å². The summed E-state index contributed by atoms with van der Waals surface area (Å²) in [6, 6.07) is 1.46. The monoisotopic (exact) mass is 202 g/mol. The predicted molar refractivity (Wildman–Crippen MR) is 57.5 cm³/mol. The van der Waals surface area contributed by atoms with E-state index in [1.54, 1.807) is 12.0 Å². The molecular weight excluding hydrogens is 176 g/mol. The van der Waals surface area contributed by atoms with Gasteiger partial charge in [-0.1, -0.05) is 0 Å². The van der Waals surface area contributed by atoms with Gasteiger partial charge in [0.1, 0.15) is 6.04 Å². The molecule has 0 bridgehead atoms. The number of hydrogen-bond acceptors (Lipinski definition) is 1. The summed E-state index contributed by atoms with van der Waals surface area (Å²) in [6.45, 7) is 9.42. The number of methoxy groups -OCH3 is 1. The fourth-order valence-electron chi connectivity index (χ4n) is 2.38. The molecule has 0 unspecified atom stereocenters. The van der Waals surface area contributed by atoms with Crippen LogP contribution in [0, 0.1) is 0 Å². The molecule has 3 nitrogen and oxygen atoms in total. The largest absolute Gasteiger partial charge is 0.379 e. The lowest BCUT2D eigenvalue weighted by molar-refractivity contribution is -0.912. The minimum atomic E-state index is 0.619. The molecule has 0 aromatic rings. The molecule has 3 heteroatoms. The number of quaternary nitrogens is 2. The Morgan fingerprint density at radius 1 is 1.43 bits per heavy atom. The Kier molecular flexibility index (Phi) is 5.45. The summed E-state index contributed by atoms with van der Waals surface area (Å²) in [5.41, 5.74) is 0. The second-order valence-electron chi connectivity index (χ2n) is 4.57. The lowest BCUT2D eigenvalue weighted by Gasteiger charge is -2.28. The van der Waals surface area contributed by atoms with Gasteiger partial charge < -0.3 is 15.0 Å². The van der Waals surface area contributed by atoms with Crippen molar-refractivity contribution in [3.05, 3.63) is 0 Å². The van der Waals surface area contributed by atoms with Gasteiger partial charge >= 0.3 is 0 Å². The average molecular weight is 202 g/mol. The number of ether oxygens (including phenoxy) is 1. The van der Waals surface area contributed by atoms with Gasteiger partial charge in [-0.3, -0.25) is 0 Å². The van der Waals surface area contributed by atoms with E-state index >= 15 is 0 Å². The summed E-state index contributed by atoms with van der Waals surface area (Å²) < 4.78 is 5.15. The highest BCUT2D eigenvalue weighted by molar-refractivity contribution is 4.59. The van der Waals surface area contributed by atoms with Crippen LogP contribution in [0.4, 0.5) is 0 Å². The fraction of sp³-hybridized carbons (Fsp3) is 1.00. The first kappa shape index (κ1) is 12.0. The SMILES string of the molecule is CC[NH+]1CCC([NH2+][C@@H](C)COC)CC1. The van der Waals surface area contributed by atoms with E-state index in [1.807, 2.05) is 0 Å². The first-order valence-corrected chi connectivity index (χ1v) is 5.93. The van der Waals surface area contributed by atoms with Crippen LogP contribution in [-0.2, 0) is 4.74 Å². The molecule has 0 aromatic carbocycles. The number of likely N-dealkylation sites (tertiary alicyclic amines) is 1. The maximum absolute atomic E-state index is 5.15. The highest BCUT2D eigenvalue weighted by atomic mass is 16.5. The molecule has 0 radical (unpaired) electrons. The summed E-state index contributed by atoms with van der Waals surface area (Å²) >= 11 is 0. The molecule has 3 N–H and O–H groups in total. The molecule has 1 atom stereocenters. The first-order valence-electron chi connectivity index (χ1n) is 5.93. The molecule has 1 aliphatic heterocycles. The van der Waals surface area contributed by atoms with Gasteiger partial charge in [0.2, 0.25) is 0 Å². The van der Waals surface area contributed by atoms with Crippen LogP contribution in [0.15, 0.2) is 0 Å². The van der Waals surface area contributed by atoms with Crippen molar-refractivity contribution in [1.29, 1.82) is 0 Å². The summed E-state index contributed by atoms with van der Waals surface area (Å²) in [7, 11) is 1.79. The molecule has 14 heavy (non-hydrogen) atoms. The number of hydrogen-bond donors (Lipinski definition) is 2. The van der Waals surface area contributed by atoms with Crippen molar-refractivity contribution in [3.63, 3.8) is 0 Å². The van der Waals surface area contributed by atoms with Crippen molar-refractivity contribution < 1.29 is 15.0 Å². The topological polar surface area (TPSA) is 30.3 Å². The normalized spacial score (nSPS) is 30.2. The van der Waals surface area contributed by atoms with Crippen LogP contribution in [0.25, 0.3) is 0 Å². The molecule has 1 aliphatic rings. The van der Waals surface area contributed by atoms with E-state index in [1.165, 1.54) is 32.5 Å². The van der Waals surface area contributed by atoms with E-state index in [2.05, 4.69) is 19.2 Å². The van der Waals surface area contributed by atoms with Crippen molar-refractivity contribution in [3.8, 4) is 0 Å². The van der Waals surface area contributed by atoms with Gasteiger partial charge in [0.25, 0.3) is 0 Å². The molecule has 0 saturated carbocycles. The second kappa shape index (κ2) is 6.38. The van der Waals surface area contributed by atoms with E-state index in [-0.39, 0.29) is 0 Å². The van der Waals surface area contributed by atoms with Crippen LogP contribution >= 0.6 is 0 Å². The van der Waals surface area contributed by atoms with Crippen molar-refractivity contribution in [1.82, 2.24) is 0 Å². The van der Waals surface area contributed by atoms with E-state index in [9.17, 15) is 0 Å². The Morgan fingerprint density at radius 2 is 2.07 bits per heavy atom. The van der Waals surface area contributed by atoms with Crippen LogP contribution in [-0.4, -0.2) is 45.4 Å². The average Bonchev–Trinajstić information content (AvgIpc) is 2.19. The zero-order valence-electron chi connectivity index (χ0n) is 9.88. The maximum atomic E-state index is 5.15. The zero-order chi connectivity index (χ0) is 10.4. The Hall–Kier alpha value is -0.120. The maximum Gasteiger partial charge on any atom is 0.107 e. The van der Waals surface area contributed by atoms with Gasteiger partial charge in [-0.15, -0.1) is 0 Å². The first-order chi connectivity index (χ1) is 6.76. The van der Waals surface area contributed by atoms with Crippen molar-refractivity contribution in [2.45, 2.75) is 38.8 Å². The Balaban J connectivity index is 2.15. The molecule has 0 aromatic heterocycles.